The Labute approximate surface area is 195 Å². The van der Waals surface area contributed by atoms with Gasteiger partial charge in [-0.25, -0.2) is 0 Å². The predicted octanol–water partition coefficient (Wildman–Crippen LogP) is 3.16. The van der Waals surface area contributed by atoms with Crippen molar-refractivity contribution in [3.8, 4) is 17.2 Å². The number of hydrogen-bond donors (Lipinski definition) is 2. The van der Waals surface area contributed by atoms with Crippen LogP contribution in [0.25, 0.3) is 0 Å². The third-order valence-electron chi connectivity index (χ3n) is 5.95. The van der Waals surface area contributed by atoms with Crippen LogP contribution >= 0.6 is 0 Å². The van der Waals surface area contributed by atoms with Crippen molar-refractivity contribution in [1.29, 1.82) is 0 Å². The average molecular weight is 459 g/mol. The lowest BCUT2D eigenvalue weighted by Gasteiger charge is -2.40. The van der Waals surface area contributed by atoms with Gasteiger partial charge < -0.3 is 24.8 Å². The molecule has 0 spiro atoms. The summed E-state index contributed by atoms with van der Waals surface area (Å²) in [5.74, 6) is -0.419. The lowest BCUT2D eigenvalue weighted by molar-refractivity contribution is -0.117. The van der Waals surface area contributed by atoms with Gasteiger partial charge in [-0.15, -0.1) is 0 Å². The number of ether oxygens (including phenoxy) is 2. The summed E-state index contributed by atoms with van der Waals surface area (Å²) in [6, 6.07) is 16.2. The van der Waals surface area contributed by atoms with E-state index in [4.69, 9.17) is 9.47 Å². The summed E-state index contributed by atoms with van der Waals surface area (Å²) < 4.78 is 10.9. The maximum absolute atomic E-state index is 13.6. The molecule has 0 saturated carbocycles. The second-order valence-electron chi connectivity index (χ2n) is 7.86. The first-order chi connectivity index (χ1) is 16.4. The Morgan fingerprint density at radius 2 is 1.71 bits per heavy atom. The quantitative estimate of drug-likeness (QED) is 0.568. The molecule has 2 heterocycles. The zero-order valence-electron chi connectivity index (χ0n) is 18.4. The monoisotopic (exact) mass is 459 g/mol. The Bertz CT molecular complexity index is 1320. The second kappa shape index (κ2) is 8.11. The van der Waals surface area contributed by atoms with Gasteiger partial charge in [0.15, 0.2) is 11.5 Å². The number of fused-ring (bicyclic) bond motifs is 5. The van der Waals surface area contributed by atoms with E-state index in [1.807, 2.05) is 0 Å². The molecule has 0 aromatic heterocycles. The topological polar surface area (TPSA) is 108 Å². The molecule has 0 aliphatic carbocycles. The number of anilines is 2. The van der Waals surface area contributed by atoms with Crippen molar-refractivity contribution in [3.63, 3.8) is 0 Å². The van der Waals surface area contributed by atoms with E-state index in [0.29, 0.717) is 33.8 Å². The van der Waals surface area contributed by atoms with Crippen LogP contribution in [-0.2, 0) is 4.79 Å². The van der Waals surface area contributed by atoms with E-state index in [1.165, 1.54) is 36.2 Å². The Morgan fingerprint density at radius 1 is 0.971 bits per heavy atom. The van der Waals surface area contributed by atoms with E-state index in [0.717, 1.165) is 0 Å². The second-order valence-corrected chi connectivity index (χ2v) is 7.86. The molecule has 2 aliphatic rings. The third-order valence-corrected chi connectivity index (χ3v) is 5.95. The van der Waals surface area contributed by atoms with E-state index in [2.05, 4.69) is 5.32 Å². The van der Waals surface area contributed by atoms with Crippen LogP contribution in [0.2, 0.25) is 0 Å². The van der Waals surface area contributed by atoms with Crippen LogP contribution in [0.5, 0.6) is 17.2 Å². The summed E-state index contributed by atoms with van der Waals surface area (Å²) in [7, 11) is 2.93. The Balaban J connectivity index is 1.58. The van der Waals surface area contributed by atoms with Crippen LogP contribution in [-0.4, -0.2) is 48.5 Å². The smallest absolute Gasteiger partial charge is 0.264 e. The van der Waals surface area contributed by atoms with Gasteiger partial charge in [0, 0.05) is 11.3 Å². The van der Waals surface area contributed by atoms with E-state index in [9.17, 15) is 19.5 Å². The van der Waals surface area contributed by atoms with Gasteiger partial charge in [0.1, 0.15) is 18.5 Å². The van der Waals surface area contributed by atoms with Gasteiger partial charge in [0.25, 0.3) is 11.8 Å². The predicted molar refractivity (Wildman–Crippen MR) is 123 cm³/mol. The fraction of sp³-hybridized carbons (Fsp3) is 0.160. The zero-order chi connectivity index (χ0) is 24.0. The largest absolute Gasteiger partial charge is 0.508 e. The van der Waals surface area contributed by atoms with Gasteiger partial charge >= 0.3 is 0 Å². The number of carbonyl (C=O) groups is 3. The molecule has 0 bridgehead atoms. The van der Waals surface area contributed by atoms with Crippen LogP contribution in [0.1, 0.15) is 32.4 Å². The molecular formula is C25H21N3O6. The molecule has 9 heteroatoms. The first kappa shape index (κ1) is 21.3. The van der Waals surface area contributed by atoms with Crippen LogP contribution in [0.4, 0.5) is 11.4 Å². The minimum absolute atomic E-state index is 0.0712. The fourth-order valence-corrected chi connectivity index (χ4v) is 4.49. The molecule has 0 radical (unpaired) electrons. The molecular weight excluding hydrogens is 438 g/mol. The minimum atomic E-state index is -0.824. The SMILES string of the molecule is COc1ccc2c(c1OC)C(=O)N1c3ccccc3C(=O)N(CC(=O)Nc3ccc(O)cc3)[C@H]21. The van der Waals surface area contributed by atoms with Crippen molar-refractivity contribution in [2.75, 3.05) is 31.0 Å². The van der Waals surface area contributed by atoms with Gasteiger partial charge in [0.2, 0.25) is 5.91 Å². The number of amides is 3. The third kappa shape index (κ3) is 3.21. The Hall–Kier alpha value is -4.53. The summed E-state index contributed by atoms with van der Waals surface area (Å²) in [6.07, 6.45) is -0.824. The lowest BCUT2D eigenvalue weighted by Crippen LogP contribution is -2.50. The highest BCUT2D eigenvalue weighted by Gasteiger charge is 2.50. The lowest BCUT2D eigenvalue weighted by atomic mass is 10.0. The molecule has 3 aromatic carbocycles. The number of para-hydroxylation sites is 1. The van der Waals surface area contributed by atoms with Gasteiger partial charge in [-0.05, 0) is 42.5 Å². The number of benzene rings is 3. The van der Waals surface area contributed by atoms with Crippen molar-refractivity contribution in [2.24, 2.45) is 0 Å². The molecule has 3 amide bonds. The van der Waals surface area contributed by atoms with Crippen LogP contribution in [0.15, 0.2) is 60.7 Å². The molecule has 3 aromatic rings. The zero-order valence-corrected chi connectivity index (χ0v) is 18.4. The highest BCUT2D eigenvalue weighted by Crippen LogP contribution is 2.49. The van der Waals surface area contributed by atoms with E-state index >= 15 is 0 Å². The standard InChI is InChI=1S/C25H21N3O6/c1-33-19-12-11-17-21(22(19)34-2)25(32)28-18-6-4-3-5-16(18)24(31)27(23(17)28)13-20(30)26-14-7-9-15(29)10-8-14/h3-12,23,29H,13H2,1-2H3,(H,26,30)/t23-/m0/s1. The first-order valence-corrected chi connectivity index (χ1v) is 10.5. The van der Waals surface area contributed by atoms with Gasteiger partial charge in [-0.1, -0.05) is 18.2 Å². The normalized spacial score (nSPS) is 16.0. The van der Waals surface area contributed by atoms with Crippen molar-refractivity contribution in [2.45, 2.75) is 6.17 Å². The number of hydrogen-bond acceptors (Lipinski definition) is 6. The van der Waals surface area contributed by atoms with Crippen molar-refractivity contribution < 1.29 is 29.0 Å². The maximum Gasteiger partial charge on any atom is 0.264 e. The fourth-order valence-electron chi connectivity index (χ4n) is 4.49. The van der Waals surface area contributed by atoms with E-state index < -0.39 is 12.1 Å². The van der Waals surface area contributed by atoms with Crippen LogP contribution < -0.4 is 19.7 Å². The molecule has 2 aliphatic heterocycles. The molecule has 9 nitrogen and oxygen atoms in total. The number of phenols is 1. The molecule has 0 fully saturated rings. The van der Waals surface area contributed by atoms with Crippen molar-refractivity contribution in [3.05, 3.63) is 77.4 Å². The summed E-state index contributed by atoms with van der Waals surface area (Å²) in [6.45, 7) is -0.295. The number of rotatable bonds is 5. The van der Waals surface area contributed by atoms with E-state index in [-0.39, 0.29) is 29.9 Å². The molecule has 0 unspecified atom stereocenters. The van der Waals surface area contributed by atoms with Gasteiger partial charge in [-0.3, -0.25) is 19.3 Å². The number of nitrogens with zero attached hydrogens (tertiary/aromatic N) is 2. The summed E-state index contributed by atoms with van der Waals surface area (Å²) in [4.78, 5) is 42.9. The number of aromatic hydroxyl groups is 1. The average Bonchev–Trinajstić information content (AvgIpc) is 3.15. The summed E-state index contributed by atoms with van der Waals surface area (Å²) >= 11 is 0. The molecule has 172 valence electrons. The highest BCUT2D eigenvalue weighted by molar-refractivity contribution is 6.18. The van der Waals surface area contributed by atoms with Crippen molar-refractivity contribution in [1.82, 2.24) is 4.90 Å². The van der Waals surface area contributed by atoms with Crippen LogP contribution in [0.3, 0.4) is 0 Å². The van der Waals surface area contributed by atoms with Crippen LogP contribution in [0, 0.1) is 0 Å². The highest BCUT2D eigenvalue weighted by atomic mass is 16.5. The van der Waals surface area contributed by atoms with Gasteiger partial charge in [0.05, 0.1) is 31.0 Å². The number of carbonyl (C=O) groups excluding carboxylic acids is 3. The first-order valence-electron chi connectivity index (χ1n) is 10.5. The minimum Gasteiger partial charge on any atom is -0.508 e. The molecule has 0 saturated heterocycles. The van der Waals surface area contributed by atoms with Gasteiger partial charge in [-0.2, -0.15) is 0 Å². The summed E-state index contributed by atoms with van der Waals surface area (Å²) in [5.41, 5.74) is 2.10. The maximum atomic E-state index is 13.6. The number of phenolic OH excluding ortho intramolecular Hbond substituents is 1. The Morgan fingerprint density at radius 3 is 2.41 bits per heavy atom. The Kier molecular flexibility index (Phi) is 5.09. The molecule has 1 atom stereocenters. The van der Waals surface area contributed by atoms with Crippen molar-refractivity contribution >= 4 is 29.1 Å². The van der Waals surface area contributed by atoms with E-state index in [1.54, 1.807) is 48.5 Å². The summed E-state index contributed by atoms with van der Waals surface area (Å²) in [5, 5.41) is 12.2. The molecule has 5 rings (SSSR count). The number of methoxy groups -OCH3 is 2. The molecule has 2 N–H and O–H groups in total. The molecule has 34 heavy (non-hydrogen) atoms. The number of nitrogens with one attached hydrogen (secondary N) is 1.